The van der Waals surface area contributed by atoms with Crippen LogP contribution in [0, 0.1) is 22.7 Å². The number of halogens is 1. The standard InChI is InChI=1S/C28H29FN8O3S2/c1-39-20(38)3-6-35-10-16(8-30)21-24(35)33-26(40-15-27-4-2-5-37(27)11-17(29)7-27)34-25(21)36-13-28(14-36)22-18(9-31)23(32)42-19(22)12-41-28/h10,17H,2-7,11-15,32H2,1H3/t17?,27-/m0/s1. The molecule has 0 aromatic carbocycles. The van der Waals surface area contributed by atoms with E-state index in [-0.39, 0.29) is 41.8 Å². The summed E-state index contributed by atoms with van der Waals surface area (Å²) in [4.78, 5) is 26.9. The van der Waals surface area contributed by atoms with Crippen molar-refractivity contribution >= 4 is 50.9 Å². The molecule has 7 heterocycles. The number of thiophene rings is 1. The maximum absolute atomic E-state index is 14.4. The summed E-state index contributed by atoms with van der Waals surface area (Å²) in [5.74, 6) is 1.00. The number of nitrogens with two attached hydrogens (primary N) is 1. The Kier molecular flexibility index (Phi) is 6.49. The number of carbonyl (C=O) groups excluding carboxylic acids is 1. The van der Waals surface area contributed by atoms with Crippen molar-refractivity contribution in [1.82, 2.24) is 19.4 Å². The number of fused-ring (bicyclic) bond motifs is 4. The highest BCUT2D eigenvalue weighted by Gasteiger charge is 2.53. The predicted molar refractivity (Wildman–Crippen MR) is 156 cm³/mol. The molecule has 0 saturated carbocycles. The first-order valence-electron chi connectivity index (χ1n) is 13.9. The highest BCUT2D eigenvalue weighted by atomic mass is 32.2. The van der Waals surface area contributed by atoms with Gasteiger partial charge in [-0.05, 0) is 19.4 Å². The molecule has 0 bridgehead atoms. The molecule has 4 aliphatic heterocycles. The second-order valence-electron chi connectivity index (χ2n) is 11.5. The number of anilines is 2. The van der Waals surface area contributed by atoms with Gasteiger partial charge in [-0.25, -0.2) is 4.39 Å². The summed E-state index contributed by atoms with van der Waals surface area (Å²) < 4.78 is 27.0. The number of thioether (sulfide) groups is 1. The minimum atomic E-state index is -0.878. The maximum atomic E-state index is 14.4. The first-order chi connectivity index (χ1) is 20.3. The molecule has 3 fully saturated rings. The third kappa shape index (κ3) is 4.11. The lowest BCUT2D eigenvalue weighted by Gasteiger charge is -2.48. The molecular formula is C28H29FN8O3S2. The number of methoxy groups -OCH3 is 1. The lowest BCUT2D eigenvalue weighted by Crippen LogP contribution is -2.57. The highest BCUT2D eigenvalue weighted by Crippen LogP contribution is 2.58. The van der Waals surface area contributed by atoms with Crippen LogP contribution in [0.3, 0.4) is 0 Å². The summed E-state index contributed by atoms with van der Waals surface area (Å²) in [6, 6.07) is 4.72. The molecule has 3 aromatic rings. The van der Waals surface area contributed by atoms with E-state index in [4.69, 9.17) is 25.2 Å². The zero-order valence-corrected chi connectivity index (χ0v) is 24.7. The molecule has 2 atom stereocenters. The smallest absolute Gasteiger partial charge is 0.320 e. The van der Waals surface area contributed by atoms with E-state index < -0.39 is 6.17 Å². The molecule has 3 aromatic heterocycles. The van der Waals surface area contributed by atoms with Crippen molar-refractivity contribution in [3.05, 3.63) is 27.8 Å². The Labute approximate surface area is 250 Å². The molecule has 0 radical (unpaired) electrons. The van der Waals surface area contributed by atoms with Crippen LogP contribution in [-0.2, 0) is 26.6 Å². The van der Waals surface area contributed by atoms with Crippen molar-refractivity contribution in [2.24, 2.45) is 0 Å². The molecular weight excluding hydrogens is 579 g/mol. The largest absolute Gasteiger partial charge is 0.469 e. The first kappa shape index (κ1) is 27.3. The third-order valence-corrected chi connectivity index (χ3v) is 11.7. The molecule has 14 heteroatoms. The fourth-order valence-corrected chi connectivity index (χ4v) is 9.90. The fraction of sp³-hybridized carbons (Fsp3) is 0.536. The van der Waals surface area contributed by atoms with E-state index in [1.807, 2.05) is 0 Å². The van der Waals surface area contributed by atoms with Crippen LogP contribution in [-0.4, -0.2) is 77.0 Å². The molecule has 3 saturated heterocycles. The Morgan fingerprint density at radius 3 is 2.90 bits per heavy atom. The van der Waals surface area contributed by atoms with Crippen molar-refractivity contribution in [2.45, 2.75) is 54.4 Å². The number of aryl methyl sites for hydroxylation is 1. The number of ether oxygens (including phenoxy) is 2. The SMILES string of the molecule is COC(=O)CCn1cc(C#N)c2c(N3CC4(C3)SCc3sc(N)c(C#N)c34)nc(OC[C@@]34CCCN3CC(F)C4)nc21. The summed E-state index contributed by atoms with van der Waals surface area (Å²) in [5.41, 5.74) is 8.27. The van der Waals surface area contributed by atoms with Crippen LogP contribution in [0.25, 0.3) is 11.0 Å². The lowest BCUT2D eigenvalue weighted by atomic mass is 9.88. The van der Waals surface area contributed by atoms with Gasteiger partial charge in [0.05, 0.1) is 40.3 Å². The van der Waals surface area contributed by atoms with Gasteiger partial charge in [-0.1, -0.05) is 0 Å². The maximum Gasteiger partial charge on any atom is 0.320 e. The summed E-state index contributed by atoms with van der Waals surface area (Å²) in [6.07, 6.45) is 3.20. The average molecular weight is 609 g/mol. The van der Waals surface area contributed by atoms with Gasteiger partial charge in [0.25, 0.3) is 0 Å². The predicted octanol–water partition coefficient (Wildman–Crippen LogP) is 3.30. The van der Waals surface area contributed by atoms with E-state index in [1.165, 1.54) is 18.4 Å². The Hall–Kier alpha value is -3.59. The quantitative estimate of drug-likeness (QED) is 0.394. The number of esters is 1. The van der Waals surface area contributed by atoms with Gasteiger partial charge in [0.2, 0.25) is 0 Å². The number of aromatic nitrogens is 3. The van der Waals surface area contributed by atoms with E-state index >= 15 is 0 Å². The van der Waals surface area contributed by atoms with Gasteiger partial charge in [-0.3, -0.25) is 9.69 Å². The van der Waals surface area contributed by atoms with Crippen LogP contribution in [0.2, 0.25) is 0 Å². The van der Waals surface area contributed by atoms with Crippen molar-refractivity contribution < 1.29 is 18.7 Å². The van der Waals surface area contributed by atoms with Crippen molar-refractivity contribution in [1.29, 1.82) is 10.5 Å². The van der Waals surface area contributed by atoms with Crippen LogP contribution < -0.4 is 15.4 Å². The van der Waals surface area contributed by atoms with Crippen molar-refractivity contribution in [3.63, 3.8) is 0 Å². The Morgan fingerprint density at radius 2 is 2.14 bits per heavy atom. The van der Waals surface area contributed by atoms with Crippen LogP contribution in [0.1, 0.15) is 47.3 Å². The van der Waals surface area contributed by atoms with Gasteiger partial charge in [-0.2, -0.15) is 20.5 Å². The number of hydrogen-bond acceptors (Lipinski definition) is 12. The minimum absolute atomic E-state index is 0.111. The average Bonchev–Trinajstić information content (AvgIpc) is 3.74. The Bertz CT molecular complexity index is 1690. The molecule has 1 unspecified atom stereocenters. The van der Waals surface area contributed by atoms with Gasteiger partial charge in [0.1, 0.15) is 35.7 Å². The van der Waals surface area contributed by atoms with Crippen molar-refractivity contribution in [3.8, 4) is 18.1 Å². The summed E-state index contributed by atoms with van der Waals surface area (Å²) in [7, 11) is 1.34. The van der Waals surface area contributed by atoms with Crippen LogP contribution in [0.4, 0.5) is 15.2 Å². The second kappa shape index (κ2) is 10.0. The molecule has 2 N–H and O–H groups in total. The van der Waals surface area contributed by atoms with Gasteiger partial charge < -0.3 is 24.7 Å². The number of nitrogen functional groups attached to an aromatic ring is 1. The molecule has 0 amide bonds. The molecule has 4 aliphatic rings. The third-order valence-electron chi connectivity index (χ3n) is 9.06. The van der Waals surface area contributed by atoms with Gasteiger partial charge in [0.15, 0.2) is 5.65 Å². The number of carbonyl (C=O) groups is 1. The van der Waals surface area contributed by atoms with Crippen LogP contribution in [0.15, 0.2) is 6.20 Å². The topological polar surface area (TPSA) is 146 Å². The van der Waals surface area contributed by atoms with E-state index in [1.54, 1.807) is 22.5 Å². The zero-order chi connectivity index (χ0) is 29.2. The molecule has 7 rings (SSSR count). The molecule has 42 heavy (non-hydrogen) atoms. The number of nitriles is 2. The molecule has 218 valence electrons. The number of rotatable bonds is 7. The summed E-state index contributed by atoms with van der Waals surface area (Å²) >= 11 is 3.29. The second-order valence-corrected chi connectivity index (χ2v) is 14.0. The summed E-state index contributed by atoms with van der Waals surface area (Å²) in [6.45, 7) is 2.98. The van der Waals surface area contributed by atoms with E-state index in [2.05, 4.69) is 21.9 Å². The fourth-order valence-electron chi connectivity index (χ4n) is 7.10. The number of hydrogen-bond donors (Lipinski definition) is 1. The van der Waals surface area contributed by atoms with Gasteiger partial charge in [0, 0.05) is 55.0 Å². The summed E-state index contributed by atoms with van der Waals surface area (Å²) in [5, 5.41) is 21.0. The molecule has 0 aliphatic carbocycles. The Morgan fingerprint density at radius 1 is 1.31 bits per heavy atom. The van der Waals surface area contributed by atoms with E-state index in [9.17, 15) is 19.7 Å². The molecule has 1 spiro atoms. The van der Waals surface area contributed by atoms with Gasteiger partial charge >= 0.3 is 12.0 Å². The Balaban J connectivity index is 1.25. The van der Waals surface area contributed by atoms with Crippen LogP contribution >= 0.6 is 23.1 Å². The van der Waals surface area contributed by atoms with Gasteiger partial charge in [-0.15, -0.1) is 23.1 Å². The molecule has 11 nitrogen and oxygen atoms in total. The lowest BCUT2D eigenvalue weighted by molar-refractivity contribution is -0.140. The number of nitrogens with zero attached hydrogens (tertiary/aromatic N) is 7. The zero-order valence-electron chi connectivity index (χ0n) is 23.1. The van der Waals surface area contributed by atoms with Crippen LogP contribution in [0.5, 0.6) is 6.01 Å². The highest BCUT2D eigenvalue weighted by molar-refractivity contribution is 8.00. The van der Waals surface area contributed by atoms with Crippen molar-refractivity contribution in [2.75, 3.05) is 50.5 Å². The van der Waals surface area contributed by atoms with E-state index in [0.717, 1.165) is 35.6 Å². The van der Waals surface area contributed by atoms with E-state index in [0.29, 0.717) is 59.0 Å². The monoisotopic (exact) mass is 608 g/mol. The normalized spacial score (nSPS) is 23.9. The number of alkyl halides is 1. The first-order valence-corrected chi connectivity index (χ1v) is 15.7. The minimum Gasteiger partial charge on any atom is -0.469 e.